The molecule has 2 heterocycles. The minimum Gasteiger partial charge on any atom is -0.357 e. The molecule has 0 spiro atoms. The molecule has 1 aliphatic rings. The van der Waals surface area contributed by atoms with Gasteiger partial charge in [0.2, 0.25) is 5.91 Å². The van der Waals surface area contributed by atoms with Gasteiger partial charge in [0.1, 0.15) is 11.9 Å². The second-order valence-corrected chi connectivity index (χ2v) is 7.45. The number of carbonyl (C=O) groups excluding carboxylic acids is 2. The Labute approximate surface area is 143 Å². The highest BCUT2D eigenvalue weighted by molar-refractivity contribution is 5.97. The molecule has 2 N–H and O–H groups in total. The van der Waals surface area contributed by atoms with Gasteiger partial charge in [-0.15, -0.1) is 0 Å². The van der Waals surface area contributed by atoms with E-state index in [1.54, 1.807) is 7.05 Å². The minimum atomic E-state index is -0.612. The van der Waals surface area contributed by atoms with Crippen LogP contribution in [0.25, 0.3) is 0 Å². The maximum atomic E-state index is 12.8. The largest absolute Gasteiger partial charge is 0.357 e. The van der Waals surface area contributed by atoms with E-state index in [1.165, 1.54) is 0 Å². The number of aryl methyl sites for hydroxylation is 1. The van der Waals surface area contributed by atoms with Crippen LogP contribution in [0.15, 0.2) is 0 Å². The van der Waals surface area contributed by atoms with Gasteiger partial charge >= 0.3 is 0 Å². The molecule has 0 saturated carbocycles. The van der Waals surface area contributed by atoms with Crippen LogP contribution in [0.1, 0.15) is 49.7 Å². The van der Waals surface area contributed by atoms with Crippen molar-refractivity contribution in [1.82, 2.24) is 25.1 Å². The molecule has 0 unspecified atom stereocenters. The number of amides is 2. The molecule has 1 aliphatic heterocycles. The fraction of sp³-hybridized carbons (Fsp3) is 0.706. The molecule has 0 bridgehead atoms. The number of fused-ring (bicyclic) bond motifs is 1. The zero-order valence-corrected chi connectivity index (χ0v) is 15.6. The van der Waals surface area contributed by atoms with Crippen LogP contribution in [0.2, 0.25) is 0 Å². The lowest BCUT2D eigenvalue weighted by Gasteiger charge is -2.30. The molecule has 1 aromatic heterocycles. The van der Waals surface area contributed by atoms with Crippen LogP contribution < -0.4 is 10.6 Å². The first-order valence-corrected chi connectivity index (χ1v) is 8.48. The van der Waals surface area contributed by atoms with Gasteiger partial charge in [-0.25, -0.2) is 4.98 Å². The summed E-state index contributed by atoms with van der Waals surface area (Å²) in [7, 11) is 3.61. The van der Waals surface area contributed by atoms with Crippen molar-refractivity contribution in [2.45, 2.75) is 53.2 Å². The van der Waals surface area contributed by atoms with Crippen molar-refractivity contribution in [3.05, 3.63) is 17.2 Å². The van der Waals surface area contributed by atoms with Crippen LogP contribution in [0.4, 0.5) is 0 Å². The van der Waals surface area contributed by atoms with Crippen molar-refractivity contribution in [3.8, 4) is 0 Å². The molecule has 1 atom stereocenters. The summed E-state index contributed by atoms with van der Waals surface area (Å²) in [5, 5.41) is 5.51. The number of nitrogens with one attached hydrogen (secondary N) is 2. The van der Waals surface area contributed by atoms with E-state index in [0.29, 0.717) is 12.2 Å². The number of hydrogen-bond donors (Lipinski definition) is 2. The van der Waals surface area contributed by atoms with Crippen molar-refractivity contribution < 1.29 is 9.59 Å². The van der Waals surface area contributed by atoms with Crippen molar-refractivity contribution in [2.75, 3.05) is 20.6 Å². The van der Waals surface area contributed by atoms with Crippen molar-refractivity contribution in [3.63, 3.8) is 0 Å². The lowest BCUT2D eigenvalue weighted by atomic mass is 9.86. The third-order valence-electron chi connectivity index (χ3n) is 4.46. The SMILES string of the molecule is CCc1nc(C(=O)N[C@H](C(=O)NC)C(C)(C)C)c2n1CCN(C)C2. The third-order valence-corrected chi connectivity index (χ3v) is 4.46. The summed E-state index contributed by atoms with van der Waals surface area (Å²) in [5.74, 6) is 0.449. The standard InChI is InChI=1S/C17H29N5O2/c1-7-12-19-13(11-10-21(6)8-9-22(11)12)15(23)20-14(16(24)18-5)17(2,3)4/h14H,7-10H2,1-6H3,(H,18,24)(H,20,23)/t14-/m1/s1. The summed E-state index contributed by atoms with van der Waals surface area (Å²) in [5.41, 5.74) is 0.985. The fourth-order valence-electron chi connectivity index (χ4n) is 3.04. The molecule has 134 valence electrons. The first-order chi connectivity index (χ1) is 11.2. The van der Waals surface area contributed by atoms with Crippen molar-refractivity contribution in [2.24, 2.45) is 5.41 Å². The minimum absolute atomic E-state index is 0.197. The van der Waals surface area contributed by atoms with E-state index in [4.69, 9.17) is 0 Å². The third kappa shape index (κ3) is 3.61. The summed E-state index contributed by atoms with van der Waals surface area (Å²) < 4.78 is 2.14. The Balaban J connectivity index is 2.32. The van der Waals surface area contributed by atoms with Crippen LogP contribution in [0.5, 0.6) is 0 Å². The predicted molar refractivity (Wildman–Crippen MR) is 92.7 cm³/mol. The quantitative estimate of drug-likeness (QED) is 0.852. The number of rotatable bonds is 4. The van der Waals surface area contributed by atoms with Gasteiger partial charge in [0.25, 0.3) is 5.91 Å². The zero-order valence-electron chi connectivity index (χ0n) is 15.6. The molecule has 7 heteroatoms. The van der Waals surface area contributed by atoms with E-state index < -0.39 is 6.04 Å². The Bertz CT molecular complexity index is 630. The van der Waals surface area contributed by atoms with Crippen LogP contribution >= 0.6 is 0 Å². The molecule has 2 amide bonds. The van der Waals surface area contributed by atoms with Crippen LogP contribution in [0.3, 0.4) is 0 Å². The second kappa shape index (κ2) is 6.93. The molecule has 0 radical (unpaired) electrons. The smallest absolute Gasteiger partial charge is 0.272 e. The van der Waals surface area contributed by atoms with Crippen molar-refractivity contribution >= 4 is 11.8 Å². The van der Waals surface area contributed by atoms with E-state index in [1.807, 2.05) is 34.7 Å². The maximum Gasteiger partial charge on any atom is 0.272 e. The Hall–Kier alpha value is -1.89. The number of imidazole rings is 1. The van der Waals surface area contributed by atoms with Gasteiger partial charge in [-0.1, -0.05) is 27.7 Å². The Kier molecular flexibility index (Phi) is 5.32. The van der Waals surface area contributed by atoms with E-state index in [9.17, 15) is 9.59 Å². The summed E-state index contributed by atoms with van der Waals surface area (Å²) in [4.78, 5) is 31.7. The van der Waals surface area contributed by atoms with Crippen molar-refractivity contribution in [1.29, 1.82) is 0 Å². The molecule has 24 heavy (non-hydrogen) atoms. The molecule has 1 aromatic rings. The lowest BCUT2D eigenvalue weighted by molar-refractivity contribution is -0.124. The van der Waals surface area contributed by atoms with Gasteiger partial charge in [-0.2, -0.15) is 0 Å². The Morgan fingerprint density at radius 3 is 2.50 bits per heavy atom. The first kappa shape index (κ1) is 18.4. The zero-order chi connectivity index (χ0) is 18.1. The topological polar surface area (TPSA) is 79.3 Å². The second-order valence-electron chi connectivity index (χ2n) is 7.45. The van der Waals surface area contributed by atoms with Gasteiger partial charge in [0, 0.05) is 33.1 Å². The molecule has 0 fully saturated rings. The number of carbonyl (C=O) groups is 2. The average Bonchev–Trinajstić information content (AvgIpc) is 2.88. The molecule has 7 nitrogen and oxygen atoms in total. The van der Waals surface area contributed by atoms with Crippen LogP contribution in [0, 0.1) is 5.41 Å². The molecule has 0 aliphatic carbocycles. The molecular formula is C17H29N5O2. The van der Waals surface area contributed by atoms with Gasteiger partial charge in [0.05, 0.1) is 5.69 Å². The molecule has 0 aromatic carbocycles. The number of aromatic nitrogens is 2. The van der Waals surface area contributed by atoms with E-state index in [-0.39, 0.29) is 17.2 Å². The van der Waals surface area contributed by atoms with Gasteiger partial charge in [-0.05, 0) is 12.5 Å². The van der Waals surface area contributed by atoms with Crippen LogP contribution in [-0.2, 0) is 24.3 Å². The van der Waals surface area contributed by atoms with Crippen LogP contribution in [-0.4, -0.2) is 52.9 Å². The molecule has 0 saturated heterocycles. The van der Waals surface area contributed by atoms with E-state index >= 15 is 0 Å². The normalized spacial score (nSPS) is 16.4. The first-order valence-electron chi connectivity index (χ1n) is 8.48. The molecular weight excluding hydrogens is 306 g/mol. The highest BCUT2D eigenvalue weighted by atomic mass is 16.2. The summed E-state index contributed by atoms with van der Waals surface area (Å²) in [6.45, 7) is 10.3. The monoisotopic (exact) mass is 335 g/mol. The maximum absolute atomic E-state index is 12.8. The fourth-order valence-corrected chi connectivity index (χ4v) is 3.04. The summed E-state index contributed by atoms with van der Waals surface area (Å²) >= 11 is 0. The molecule has 2 rings (SSSR count). The Morgan fingerprint density at radius 1 is 1.29 bits per heavy atom. The predicted octanol–water partition coefficient (Wildman–Crippen LogP) is 0.781. The van der Waals surface area contributed by atoms with Gasteiger partial charge in [-0.3, -0.25) is 14.5 Å². The summed E-state index contributed by atoms with van der Waals surface area (Å²) in [6.07, 6.45) is 0.780. The summed E-state index contributed by atoms with van der Waals surface area (Å²) in [6, 6.07) is -0.612. The van der Waals surface area contributed by atoms with Gasteiger partial charge in [0.15, 0.2) is 5.69 Å². The number of likely N-dealkylation sites (N-methyl/N-ethyl adjacent to an activating group) is 2. The van der Waals surface area contributed by atoms with E-state index in [0.717, 1.165) is 31.0 Å². The van der Waals surface area contributed by atoms with Gasteiger partial charge < -0.3 is 15.2 Å². The highest BCUT2D eigenvalue weighted by Crippen LogP contribution is 2.22. The highest BCUT2D eigenvalue weighted by Gasteiger charge is 2.34. The number of nitrogens with zero attached hydrogens (tertiary/aromatic N) is 3. The van der Waals surface area contributed by atoms with E-state index in [2.05, 4.69) is 25.1 Å². The Morgan fingerprint density at radius 2 is 1.96 bits per heavy atom. The average molecular weight is 335 g/mol. The number of hydrogen-bond acceptors (Lipinski definition) is 4. The lowest BCUT2D eigenvalue weighted by Crippen LogP contribution is -2.53.